The van der Waals surface area contributed by atoms with Crippen LogP contribution in [0.1, 0.15) is 38.5 Å². The highest BCUT2D eigenvalue weighted by Gasteiger charge is 2.44. The Morgan fingerprint density at radius 2 is 1.91 bits per heavy atom. The van der Waals surface area contributed by atoms with E-state index in [0.29, 0.717) is 32.8 Å². The number of hydrogen-bond donors (Lipinski definition) is 1. The quantitative estimate of drug-likeness (QED) is 0.867. The van der Waals surface area contributed by atoms with Crippen molar-refractivity contribution in [2.24, 2.45) is 5.92 Å². The number of rotatable bonds is 3. The molecular weight excluding hydrogens is 299 g/mol. The molecule has 1 saturated carbocycles. The van der Waals surface area contributed by atoms with Gasteiger partial charge in [-0.15, -0.1) is 0 Å². The van der Waals surface area contributed by atoms with E-state index < -0.39 is 17.9 Å². The van der Waals surface area contributed by atoms with Crippen LogP contribution in [0.4, 0.5) is 13.2 Å². The van der Waals surface area contributed by atoms with Crippen LogP contribution < -0.4 is 5.32 Å². The molecule has 2 aliphatic heterocycles. The highest BCUT2D eigenvalue weighted by molar-refractivity contribution is 4.85. The van der Waals surface area contributed by atoms with Gasteiger partial charge in [0.15, 0.2) is 5.79 Å². The number of alkyl halides is 3. The first-order valence-corrected chi connectivity index (χ1v) is 8.16. The lowest BCUT2D eigenvalue weighted by Gasteiger charge is -2.33. The van der Waals surface area contributed by atoms with E-state index in [1.807, 2.05) is 0 Å². The zero-order chi connectivity index (χ0) is 15.6. The molecule has 1 N–H and O–H groups in total. The van der Waals surface area contributed by atoms with E-state index in [-0.39, 0.29) is 25.0 Å². The van der Waals surface area contributed by atoms with Gasteiger partial charge in [-0.05, 0) is 19.3 Å². The second-order valence-corrected chi connectivity index (χ2v) is 6.58. The van der Waals surface area contributed by atoms with Gasteiger partial charge in [-0.25, -0.2) is 0 Å². The molecule has 0 aromatic carbocycles. The molecule has 2 saturated heterocycles. The topological polar surface area (TPSA) is 39.7 Å². The molecule has 3 fully saturated rings. The predicted molar refractivity (Wildman–Crippen MR) is 73.4 cm³/mol. The molecule has 4 nitrogen and oxygen atoms in total. The van der Waals surface area contributed by atoms with Gasteiger partial charge in [0.05, 0.1) is 31.8 Å². The molecular formula is C15H24F3NO3. The van der Waals surface area contributed by atoms with E-state index in [9.17, 15) is 13.2 Å². The summed E-state index contributed by atoms with van der Waals surface area (Å²) >= 11 is 0. The first kappa shape index (κ1) is 16.5. The van der Waals surface area contributed by atoms with Crippen LogP contribution in [0.3, 0.4) is 0 Å². The minimum atomic E-state index is -4.07. The van der Waals surface area contributed by atoms with Crippen LogP contribution in [0.15, 0.2) is 0 Å². The van der Waals surface area contributed by atoms with E-state index in [2.05, 4.69) is 5.32 Å². The summed E-state index contributed by atoms with van der Waals surface area (Å²) in [6.07, 6.45) is -0.829. The van der Waals surface area contributed by atoms with Crippen LogP contribution in [0.2, 0.25) is 0 Å². The molecule has 1 aliphatic carbocycles. The molecule has 3 atom stereocenters. The summed E-state index contributed by atoms with van der Waals surface area (Å²) in [7, 11) is 0. The largest absolute Gasteiger partial charge is 0.391 e. The lowest BCUT2D eigenvalue weighted by Crippen LogP contribution is -2.43. The van der Waals surface area contributed by atoms with Crippen molar-refractivity contribution in [2.45, 2.75) is 62.6 Å². The van der Waals surface area contributed by atoms with Gasteiger partial charge >= 0.3 is 6.18 Å². The summed E-state index contributed by atoms with van der Waals surface area (Å²) in [6, 6.07) is -0.0739. The fourth-order valence-electron chi connectivity index (χ4n) is 3.63. The highest BCUT2D eigenvalue weighted by Crippen LogP contribution is 2.38. The Labute approximate surface area is 128 Å². The molecule has 7 heteroatoms. The van der Waals surface area contributed by atoms with Crippen LogP contribution in [-0.2, 0) is 14.2 Å². The molecule has 0 aromatic heterocycles. The normalized spacial score (nSPS) is 35.9. The second-order valence-electron chi connectivity index (χ2n) is 6.58. The highest BCUT2D eigenvalue weighted by atomic mass is 19.4. The zero-order valence-electron chi connectivity index (χ0n) is 12.7. The van der Waals surface area contributed by atoms with Crippen LogP contribution in [0.5, 0.6) is 0 Å². The van der Waals surface area contributed by atoms with E-state index in [1.54, 1.807) is 0 Å². The molecule has 3 aliphatic rings. The molecule has 0 bridgehead atoms. The molecule has 0 amide bonds. The Hall–Kier alpha value is -0.370. The molecule has 0 radical (unpaired) electrons. The molecule has 1 spiro atoms. The van der Waals surface area contributed by atoms with Crippen molar-refractivity contribution < 1.29 is 27.4 Å². The maximum Gasteiger partial charge on any atom is 0.391 e. The van der Waals surface area contributed by atoms with E-state index in [0.717, 1.165) is 19.3 Å². The smallest absolute Gasteiger partial charge is 0.381 e. The maximum atomic E-state index is 12.8. The van der Waals surface area contributed by atoms with Gasteiger partial charge in [0.2, 0.25) is 0 Å². The lowest BCUT2D eigenvalue weighted by atomic mass is 9.85. The van der Waals surface area contributed by atoms with Crippen molar-refractivity contribution in [3.8, 4) is 0 Å². The number of halogens is 3. The third-order valence-corrected chi connectivity index (χ3v) is 4.94. The average Bonchev–Trinajstić information content (AvgIpc) is 2.88. The Bertz CT molecular complexity index is 372. The van der Waals surface area contributed by atoms with E-state index in [1.165, 1.54) is 0 Å². The molecule has 0 aromatic rings. The lowest BCUT2D eigenvalue weighted by molar-refractivity contribution is -0.210. The van der Waals surface area contributed by atoms with Crippen LogP contribution >= 0.6 is 0 Å². The minimum Gasteiger partial charge on any atom is -0.381 e. The Kier molecular flexibility index (Phi) is 4.97. The molecule has 3 unspecified atom stereocenters. The standard InChI is InChI=1S/C15H24F3NO3/c16-15(17,18)11-2-1-3-12(8-11)19-9-13-10-21-14(22-13)4-6-20-7-5-14/h11-13,19H,1-10H2. The Morgan fingerprint density at radius 1 is 1.14 bits per heavy atom. The summed E-state index contributed by atoms with van der Waals surface area (Å²) in [5.74, 6) is -1.69. The summed E-state index contributed by atoms with van der Waals surface area (Å²) in [6.45, 7) is 2.33. The van der Waals surface area contributed by atoms with E-state index in [4.69, 9.17) is 14.2 Å². The molecule has 128 valence electrons. The average molecular weight is 323 g/mol. The third-order valence-electron chi connectivity index (χ3n) is 4.94. The van der Waals surface area contributed by atoms with Gasteiger partial charge in [-0.3, -0.25) is 0 Å². The molecule has 3 rings (SSSR count). The van der Waals surface area contributed by atoms with Gasteiger partial charge in [-0.1, -0.05) is 6.42 Å². The number of nitrogens with one attached hydrogen (secondary N) is 1. The van der Waals surface area contributed by atoms with Gasteiger partial charge in [0.1, 0.15) is 0 Å². The monoisotopic (exact) mass is 323 g/mol. The molecule has 22 heavy (non-hydrogen) atoms. The summed E-state index contributed by atoms with van der Waals surface area (Å²) in [5.41, 5.74) is 0. The Morgan fingerprint density at radius 3 is 2.64 bits per heavy atom. The number of hydrogen-bond acceptors (Lipinski definition) is 4. The van der Waals surface area contributed by atoms with Crippen molar-refractivity contribution in [1.82, 2.24) is 5.32 Å². The summed E-state index contributed by atoms with van der Waals surface area (Å²) in [4.78, 5) is 0. The van der Waals surface area contributed by atoms with Crippen molar-refractivity contribution in [1.29, 1.82) is 0 Å². The van der Waals surface area contributed by atoms with Gasteiger partial charge < -0.3 is 19.5 Å². The predicted octanol–water partition coefficient (Wildman–Crippen LogP) is 2.62. The first-order chi connectivity index (χ1) is 10.5. The number of ether oxygens (including phenoxy) is 3. The summed E-state index contributed by atoms with van der Waals surface area (Å²) < 4.78 is 55.5. The van der Waals surface area contributed by atoms with Crippen molar-refractivity contribution in [2.75, 3.05) is 26.4 Å². The molecule has 2 heterocycles. The van der Waals surface area contributed by atoms with Crippen molar-refractivity contribution in [3.05, 3.63) is 0 Å². The summed E-state index contributed by atoms with van der Waals surface area (Å²) in [5, 5.41) is 3.25. The Balaban J connectivity index is 1.43. The third kappa shape index (κ3) is 3.93. The minimum absolute atomic E-state index is 0.0739. The fourth-order valence-corrected chi connectivity index (χ4v) is 3.63. The van der Waals surface area contributed by atoms with Crippen LogP contribution in [0.25, 0.3) is 0 Å². The fraction of sp³-hybridized carbons (Fsp3) is 1.00. The first-order valence-electron chi connectivity index (χ1n) is 8.16. The maximum absolute atomic E-state index is 12.8. The van der Waals surface area contributed by atoms with Crippen LogP contribution in [-0.4, -0.2) is 50.5 Å². The van der Waals surface area contributed by atoms with Crippen molar-refractivity contribution in [3.63, 3.8) is 0 Å². The van der Waals surface area contributed by atoms with Crippen LogP contribution in [0, 0.1) is 5.92 Å². The van der Waals surface area contributed by atoms with Gasteiger partial charge in [-0.2, -0.15) is 13.2 Å². The van der Waals surface area contributed by atoms with Crippen molar-refractivity contribution >= 4 is 0 Å². The van der Waals surface area contributed by atoms with Gasteiger partial charge in [0, 0.05) is 25.4 Å². The second kappa shape index (κ2) is 6.63. The SMILES string of the molecule is FC(F)(F)C1CCCC(NCC2COC3(CCOCC3)O2)C1. The van der Waals surface area contributed by atoms with Gasteiger partial charge in [0.25, 0.3) is 0 Å². The van der Waals surface area contributed by atoms with E-state index >= 15 is 0 Å². The zero-order valence-corrected chi connectivity index (χ0v) is 12.7.